The minimum Gasteiger partial charge on any atom is -0.367 e. The van der Waals surface area contributed by atoms with E-state index in [1.165, 1.54) is 12.1 Å². The third-order valence-electron chi connectivity index (χ3n) is 3.44. The number of hydrogen-bond acceptors (Lipinski definition) is 2. The maximum atomic E-state index is 13.1. The molecule has 1 aromatic rings. The number of nitrogens with one attached hydrogen (secondary N) is 1. The lowest BCUT2D eigenvalue weighted by molar-refractivity contribution is -0.0605. The minimum atomic E-state index is -0.222. The van der Waals surface area contributed by atoms with Crippen molar-refractivity contribution >= 4 is 5.96 Å². The number of morpholine rings is 1. The van der Waals surface area contributed by atoms with Crippen molar-refractivity contribution in [2.24, 2.45) is 4.99 Å². The van der Waals surface area contributed by atoms with Crippen LogP contribution in [0.2, 0.25) is 0 Å². The van der Waals surface area contributed by atoms with E-state index in [-0.39, 0.29) is 18.0 Å². The highest BCUT2D eigenvalue weighted by molar-refractivity contribution is 5.80. The minimum absolute atomic E-state index is 0.0601. The number of benzene rings is 1. The smallest absolute Gasteiger partial charge is 0.194 e. The highest BCUT2D eigenvalue weighted by Gasteiger charge is 2.28. The number of ether oxygens (including phenoxy) is 1. The lowest BCUT2D eigenvalue weighted by Crippen LogP contribution is -2.50. The Labute approximate surface area is 126 Å². The maximum absolute atomic E-state index is 13.1. The summed E-state index contributed by atoms with van der Waals surface area (Å²) in [4.78, 5) is 6.75. The van der Waals surface area contributed by atoms with Crippen LogP contribution in [0.25, 0.3) is 0 Å². The molecule has 1 saturated heterocycles. The van der Waals surface area contributed by atoms with Crippen molar-refractivity contribution in [1.29, 1.82) is 0 Å². The van der Waals surface area contributed by atoms with Crippen molar-refractivity contribution in [1.82, 2.24) is 10.2 Å². The van der Waals surface area contributed by atoms with E-state index < -0.39 is 0 Å². The van der Waals surface area contributed by atoms with Crippen molar-refractivity contribution < 1.29 is 9.13 Å². The molecule has 5 heteroatoms. The van der Waals surface area contributed by atoms with Gasteiger partial charge in [0.15, 0.2) is 5.96 Å². The Kier molecular flexibility index (Phi) is 5.56. The molecule has 1 aliphatic heterocycles. The summed E-state index contributed by atoms with van der Waals surface area (Å²) in [6.07, 6.45) is 0.0459. The molecule has 4 nitrogen and oxygen atoms in total. The zero-order valence-electron chi connectivity index (χ0n) is 13.0. The van der Waals surface area contributed by atoms with Crippen LogP contribution in [-0.4, -0.2) is 43.1 Å². The molecule has 0 saturated carbocycles. The zero-order valence-corrected chi connectivity index (χ0v) is 13.0. The summed E-state index contributed by atoms with van der Waals surface area (Å²) in [7, 11) is 0. The first-order valence-corrected chi connectivity index (χ1v) is 7.58. The van der Waals surface area contributed by atoms with Crippen LogP contribution in [0.1, 0.15) is 32.4 Å². The molecular weight excluding hydrogens is 269 g/mol. The average molecular weight is 293 g/mol. The predicted molar refractivity (Wildman–Crippen MR) is 82.9 cm³/mol. The number of nitrogens with zero attached hydrogens (tertiary/aromatic N) is 2. The summed E-state index contributed by atoms with van der Waals surface area (Å²) < 4.78 is 19.1. The highest BCUT2D eigenvalue weighted by Crippen LogP contribution is 2.25. The standard InChI is InChI=1S/C16H24FN3O/c1-4-18-16(19-5-2)20-10-12(3)21-15(11-20)13-6-8-14(17)9-7-13/h6-9,12,15H,4-5,10-11H2,1-3H3,(H,18,19). The van der Waals surface area contributed by atoms with E-state index in [4.69, 9.17) is 4.74 Å². The molecule has 2 unspecified atom stereocenters. The fourth-order valence-corrected chi connectivity index (χ4v) is 2.56. The van der Waals surface area contributed by atoms with Crippen molar-refractivity contribution in [3.8, 4) is 0 Å². The Hall–Kier alpha value is -1.62. The topological polar surface area (TPSA) is 36.9 Å². The summed E-state index contributed by atoms with van der Waals surface area (Å²) in [5.41, 5.74) is 1.00. The largest absolute Gasteiger partial charge is 0.367 e. The van der Waals surface area contributed by atoms with Gasteiger partial charge in [-0.15, -0.1) is 0 Å². The normalized spacial score (nSPS) is 23.2. The number of aliphatic imine (C=N–C) groups is 1. The van der Waals surface area contributed by atoms with Gasteiger partial charge in [-0.25, -0.2) is 4.39 Å². The second-order valence-electron chi connectivity index (χ2n) is 5.22. The Bertz CT molecular complexity index is 475. The van der Waals surface area contributed by atoms with Gasteiger partial charge in [-0.05, 0) is 38.5 Å². The second-order valence-corrected chi connectivity index (χ2v) is 5.22. The van der Waals surface area contributed by atoms with Crippen LogP contribution >= 0.6 is 0 Å². The molecule has 1 aliphatic rings. The van der Waals surface area contributed by atoms with Gasteiger partial charge in [0, 0.05) is 19.6 Å². The molecule has 0 aromatic heterocycles. The van der Waals surface area contributed by atoms with Gasteiger partial charge in [0.1, 0.15) is 11.9 Å². The second kappa shape index (κ2) is 7.41. The van der Waals surface area contributed by atoms with E-state index in [1.54, 1.807) is 12.1 Å². The van der Waals surface area contributed by atoms with Gasteiger partial charge in [0.25, 0.3) is 0 Å². The summed E-state index contributed by atoms with van der Waals surface area (Å²) in [5.74, 6) is 0.697. The summed E-state index contributed by atoms with van der Waals surface area (Å²) in [6.45, 7) is 9.26. The molecule has 0 radical (unpaired) electrons. The lowest BCUT2D eigenvalue weighted by atomic mass is 10.1. The number of halogens is 1. The Balaban J connectivity index is 2.14. The lowest BCUT2D eigenvalue weighted by Gasteiger charge is -2.38. The van der Waals surface area contributed by atoms with Crippen LogP contribution in [0.4, 0.5) is 4.39 Å². The Morgan fingerprint density at radius 3 is 2.67 bits per heavy atom. The van der Waals surface area contributed by atoms with E-state index in [9.17, 15) is 4.39 Å². The van der Waals surface area contributed by atoms with Crippen LogP contribution < -0.4 is 5.32 Å². The van der Waals surface area contributed by atoms with Gasteiger partial charge >= 0.3 is 0 Å². The molecule has 1 heterocycles. The Morgan fingerprint density at radius 1 is 1.33 bits per heavy atom. The first-order valence-electron chi connectivity index (χ1n) is 7.58. The Morgan fingerprint density at radius 2 is 2.05 bits per heavy atom. The third-order valence-corrected chi connectivity index (χ3v) is 3.44. The van der Waals surface area contributed by atoms with E-state index in [0.717, 1.165) is 37.7 Å². The van der Waals surface area contributed by atoms with Gasteiger partial charge in [0.2, 0.25) is 0 Å². The van der Waals surface area contributed by atoms with E-state index in [1.807, 2.05) is 6.92 Å². The van der Waals surface area contributed by atoms with Gasteiger partial charge in [-0.2, -0.15) is 0 Å². The monoisotopic (exact) mass is 293 g/mol. The SMILES string of the molecule is CCN=C(NCC)N1CC(C)OC(c2ccc(F)cc2)C1. The molecule has 0 bridgehead atoms. The fourth-order valence-electron chi connectivity index (χ4n) is 2.56. The first kappa shape index (κ1) is 15.8. The molecule has 2 rings (SSSR count). The fraction of sp³-hybridized carbons (Fsp3) is 0.562. The van der Waals surface area contributed by atoms with Gasteiger partial charge in [-0.3, -0.25) is 4.99 Å². The van der Waals surface area contributed by atoms with Crippen molar-refractivity contribution in [2.75, 3.05) is 26.2 Å². The van der Waals surface area contributed by atoms with E-state index in [0.29, 0.717) is 0 Å². The molecule has 2 atom stereocenters. The molecule has 0 aliphatic carbocycles. The third kappa shape index (κ3) is 4.17. The zero-order chi connectivity index (χ0) is 15.2. The summed E-state index contributed by atoms with van der Waals surface area (Å²) >= 11 is 0. The number of hydrogen-bond donors (Lipinski definition) is 1. The van der Waals surface area contributed by atoms with Crippen LogP contribution in [-0.2, 0) is 4.74 Å². The quantitative estimate of drug-likeness (QED) is 0.687. The van der Waals surface area contributed by atoms with Crippen molar-refractivity contribution in [3.05, 3.63) is 35.6 Å². The van der Waals surface area contributed by atoms with Crippen LogP contribution in [0.3, 0.4) is 0 Å². The molecular formula is C16H24FN3O. The molecule has 116 valence electrons. The van der Waals surface area contributed by atoms with Crippen molar-refractivity contribution in [2.45, 2.75) is 33.0 Å². The van der Waals surface area contributed by atoms with E-state index >= 15 is 0 Å². The molecule has 0 spiro atoms. The van der Waals surface area contributed by atoms with Gasteiger partial charge in [0.05, 0.1) is 12.6 Å². The average Bonchev–Trinajstić information content (AvgIpc) is 2.47. The molecule has 1 fully saturated rings. The summed E-state index contributed by atoms with van der Waals surface area (Å²) in [5, 5.41) is 3.32. The first-order chi connectivity index (χ1) is 10.1. The van der Waals surface area contributed by atoms with Gasteiger partial charge < -0.3 is 15.0 Å². The molecule has 1 aromatic carbocycles. The molecule has 0 amide bonds. The number of guanidine groups is 1. The molecule has 21 heavy (non-hydrogen) atoms. The van der Waals surface area contributed by atoms with Crippen LogP contribution in [0.15, 0.2) is 29.3 Å². The summed E-state index contributed by atoms with van der Waals surface area (Å²) in [6, 6.07) is 6.54. The van der Waals surface area contributed by atoms with Crippen LogP contribution in [0.5, 0.6) is 0 Å². The van der Waals surface area contributed by atoms with Crippen molar-refractivity contribution in [3.63, 3.8) is 0 Å². The molecule has 1 N–H and O–H groups in total. The predicted octanol–water partition coefficient (Wildman–Crippen LogP) is 2.57. The van der Waals surface area contributed by atoms with E-state index in [2.05, 4.69) is 29.1 Å². The number of rotatable bonds is 3. The maximum Gasteiger partial charge on any atom is 0.194 e. The van der Waals surface area contributed by atoms with Gasteiger partial charge in [-0.1, -0.05) is 12.1 Å². The van der Waals surface area contributed by atoms with Crippen LogP contribution in [0, 0.1) is 5.82 Å². The highest BCUT2D eigenvalue weighted by atomic mass is 19.1.